The van der Waals surface area contributed by atoms with E-state index >= 15 is 0 Å². The maximum Gasteiger partial charge on any atom is 0.339 e. The first-order valence-corrected chi connectivity index (χ1v) is 11.1. The van der Waals surface area contributed by atoms with Crippen molar-refractivity contribution in [1.82, 2.24) is 4.57 Å². The highest BCUT2D eigenvalue weighted by molar-refractivity contribution is 7.92. The molecule has 3 aromatic rings. The number of carbonyl (C=O) groups excluding carboxylic acids is 1. The summed E-state index contributed by atoms with van der Waals surface area (Å²) in [6.45, 7) is 4.19. The highest BCUT2D eigenvalue weighted by Crippen LogP contribution is 2.26. The van der Waals surface area contributed by atoms with Crippen molar-refractivity contribution >= 4 is 54.8 Å². The Morgan fingerprint density at radius 3 is 2.64 bits per heavy atom. The molecule has 0 saturated heterocycles. The van der Waals surface area contributed by atoms with Gasteiger partial charge in [0.25, 0.3) is 10.0 Å². The van der Waals surface area contributed by atoms with Gasteiger partial charge in [-0.2, -0.15) is 0 Å². The number of aryl methyl sites for hydroxylation is 1. The van der Waals surface area contributed by atoms with Gasteiger partial charge in [0, 0.05) is 12.2 Å². The number of carbonyl (C=O) groups is 1. The van der Waals surface area contributed by atoms with E-state index in [1.54, 1.807) is 17.6 Å². The molecule has 0 saturated carbocycles. The molecule has 0 aliphatic heterocycles. The number of ether oxygens (including phenoxy) is 1. The number of thiazole rings is 1. The number of hydrogen-bond donors (Lipinski definition) is 1. The molecule has 0 unspecified atom stereocenters. The van der Waals surface area contributed by atoms with Crippen LogP contribution in [0.4, 0.5) is 5.69 Å². The maximum absolute atomic E-state index is 12.8. The van der Waals surface area contributed by atoms with Crippen LogP contribution in [0.5, 0.6) is 0 Å². The number of nitrogens with zero attached hydrogens (tertiary/aromatic N) is 1. The van der Waals surface area contributed by atoms with Gasteiger partial charge in [0.05, 0.1) is 32.3 Å². The van der Waals surface area contributed by atoms with E-state index in [9.17, 15) is 18.0 Å². The molecule has 1 N–H and O–H groups in total. The summed E-state index contributed by atoms with van der Waals surface area (Å²) in [6, 6.07) is 8.69. The Morgan fingerprint density at radius 2 is 1.96 bits per heavy atom. The van der Waals surface area contributed by atoms with Crippen LogP contribution in [0.2, 0.25) is 5.02 Å². The number of benzene rings is 2. The van der Waals surface area contributed by atoms with Crippen molar-refractivity contribution in [3.05, 3.63) is 56.7 Å². The third-order valence-corrected chi connectivity index (χ3v) is 6.63. The summed E-state index contributed by atoms with van der Waals surface area (Å²) >= 11 is 6.99. The molecular weight excluding hydrogens is 424 g/mol. The molecule has 0 fully saturated rings. The largest absolute Gasteiger partial charge is 0.462 e. The van der Waals surface area contributed by atoms with Crippen LogP contribution >= 0.6 is 22.9 Å². The third-order valence-electron chi connectivity index (χ3n) is 3.98. The third kappa shape index (κ3) is 3.91. The zero-order valence-corrected chi connectivity index (χ0v) is 17.5. The predicted molar refractivity (Wildman–Crippen MR) is 110 cm³/mol. The highest BCUT2D eigenvalue weighted by atomic mass is 35.5. The Hall–Kier alpha value is -2.36. The second-order valence-electron chi connectivity index (χ2n) is 5.76. The molecule has 1 aromatic heterocycles. The number of sulfonamides is 1. The molecule has 1 heterocycles. The number of fused-ring (bicyclic) bond motifs is 1. The van der Waals surface area contributed by atoms with Crippen LogP contribution in [0.25, 0.3) is 10.2 Å². The van der Waals surface area contributed by atoms with Crippen molar-refractivity contribution in [1.29, 1.82) is 0 Å². The van der Waals surface area contributed by atoms with Crippen molar-refractivity contribution in [2.75, 3.05) is 11.3 Å². The van der Waals surface area contributed by atoms with Gasteiger partial charge in [-0.25, -0.2) is 13.2 Å². The van der Waals surface area contributed by atoms with E-state index in [1.807, 2.05) is 6.92 Å². The standard InChI is InChI=1S/C18H17ClN2O5S2/c1-3-21-15-8-6-12(10-16(15)27-18(21)23)28(24,25)20-11-5-7-14(19)13(9-11)17(22)26-4-2/h5-10,20H,3-4H2,1-2H3. The van der Waals surface area contributed by atoms with Crippen molar-refractivity contribution in [3.8, 4) is 0 Å². The summed E-state index contributed by atoms with van der Waals surface area (Å²) in [6.07, 6.45) is 0. The normalized spacial score (nSPS) is 11.5. The zero-order valence-electron chi connectivity index (χ0n) is 15.1. The van der Waals surface area contributed by atoms with Crippen molar-refractivity contribution in [2.45, 2.75) is 25.3 Å². The average Bonchev–Trinajstić information content (AvgIpc) is 2.97. The molecule has 2 aromatic carbocycles. The van der Waals surface area contributed by atoms with Crippen LogP contribution in [0.15, 0.2) is 46.1 Å². The monoisotopic (exact) mass is 440 g/mol. The molecule has 0 amide bonds. The SMILES string of the molecule is CCOC(=O)c1cc(NS(=O)(=O)c2ccc3c(c2)sc(=O)n3CC)ccc1Cl. The highest BCUT2D eigenvalue weighted by Gasteiger charge is 2.19. The summed E-state index contributed by atoms with van der Waals surface area (Å²) in [4.78, 5) is 23.8. The number of halogens is 1. The lowest BCUT2D eigenvalue weighted by Gasteiger charge is -2.11. The first-order valence-electron chi connectivity index (χ1n) is 8.39. The fourth-order valence-electron chi connectivity index (χ4n) is 2.68. The molecule has 10 heteroatoms. The average molecular weight is 441 g/mol. The summed E-state index contributed by atoms with van der Waals surface area (Å²) in [5.41, 5.74) is 0.928. The minimum Gasteiger partial charge on any atom is -0.462 e. The van der Waals surface area contributed by atoms with E-state index in [0.717, 1.165) is 11.3 Å². The van der Waals surface area contributed by atoms with Gasteiger partial charge in [0.2, 0.25) is 0 Å². The van der Waals surface area contributed by atoms with Crippen LogP contribution in [-0.4, -0.2) is 25.6 Å². The molecule has 3 rings (SSSR count). The van der Waals surface area contributed by atoms with Gasteiger partial charge in [-0.3, -0.25) is 14.1 Å². The van der Waals surface area contributed by atoms with E-state index in [-0.39, 0.29) is 32.6 Å². The molecular formula is C18H17ClN2O5S2. The van der Waals surface area contributed by atoms with E-state index < -0.39 is 16.0 Å². The number of rotatable bonds is 6. The van der Waals surface area contributed by atoms with Gasteiger partial charge in [-0.05, 0) is 50.2 Å². The second kappa shape index (κ2) is 7.94. The van der Waals surface area contributed by atoms with Gasteiger partial charge in [-0.15, -0.1) is 0 Å². The Balaban J connectivity index is 1.96. The number of aromatic nitrogens is 1. The molecule has 7 nitrogen and oxygen atoms in total. The van der Waals surface area contributed by atoms with Crippen molar-refractivity contribution in [3.63, 3.8) is 0 Å². The minimum absolute atomic E-state index is 0.0112. The van der Waals surface area contributed by atoms with Crippen LogP contribution in [0, 0.1) is 0 Å². The number of nitrogens with one attached hydrogen (secondary N) is 1. The van der Waals surface area contributed by atoms with Crippen LogP contribution < -0.4 is 9.60 Å². The maximum atomic E-state index is 12.8. The molecule has 0 aliphatic rings. The summed E-state index contributed by atoms with van der Waals surface area (Å²) in [5.74, 6) is -0.638. The summed E-state index contributed by atoms with van der Waals surface area (Å²) < 4.78 is 35.0. The van der Waals surface area contributed by atoms with Gasteiger partial charge >= 0.3 is 10.8 Å². The zero-order chi connectivity index (χ0) is 20.5. The lowest BCUT2D eigenvalue weighted by Crippen LogP contribution is -2.14. The van der Waals surface area contributed by atoms with Crippen LogP contribution in [-0.2, 0) is 21.3 Å². The molecule has 148 valence electrons. The van der Waals surface area contributed by atoms with Crippen LogP contribution in [0.3, 0.4) is 0 Å². The lowest BCUT2D eigenvalue weighted by molar-refractivity contribution is 0.0526. The Labute approximate surface area is 170 Å². The fourth-order valence-corrected chi connectivity index (χ4v) is 5.02. The first-order chi connectivity index (χ1) is 13.3. The van der Waals surface area contributed by atoms with E-state index in [2.05, 4.69) is 4.72 Å². The topological polar surface area (TPSA) is 94.5 Å². The lowest BCUT2D eigenvalue weighted by atomic mass is 10.2. The molecule has 0 bridgehead atoms. The van der Waals surface area contributed by atoms with Crippen molar-refractivity contribution in [2.24, 2.45) is 0 Å². The van der Waals surface area contributed by atoms with Gasteiger partial charge in [0.1, 0.15) is 0 Å². The van der Waals surface area contributed by atoms with E-state index in [0.29, 0.717) is 16.8 Å². The number of esters is 1. The van der Waals surface area contributed by atoms with Gasteiger partial charge < -0.3 is 4.74 Å². The smallest absolute Gasteiger partial charge is 0.339 e. The fraction of sp³-hybridized carbons (Fsp3) is 0.222. The molecule has 28 heavy (non-hydrogen) atoms. The molecule has 0 aliphatic carbocycles. The Morgan fingerprint density at radius 1 is 1.21 bits per heavy atom. The summed E-state index contributed by atoms with van der Waals surface area (Å²) in [7, 11) is -3.93. The van der Waals surface area contributed by atoms with E-state index in [1.165, 1.54) is 30.3 Å². The predicted octanol–water partition coefficient (Wildman–Crippen LogP) is 3.71. The van der Waals surface area contributed by atoms with E-state index in [4.69, 9.17) is 16.3 Å². The summed E-state index contributed by atoms with van der Waals surface area (Å²) in [5, 5.41) is 0.161. The van der Waals surface area contributed by atoms with Crippen LogP contribution in [0.1, 0.15) is 24.2 Å². The minimum atomic E-state index is -3.93. The number of anilines is 1. The van der Waals surface area contributed by atoms with Gasteiger partial charge in [-0.1, -0.05) is 22.9 Å². The first kappa shape index (κ1) is 20.4. The van der Waals surface area contributed by atoms with Gasteiger partial charge in [0.15, 0.2) is 0 Å². The second-order valence-corrected chi connectivity index (χ2v) is 8.85. The molecule has 0 spiro atoms. The molecule has 0 radical (unpaired) electrons. The Bertz CT molecular complexity index is 1210. The quantitative estimate of drug-likeness (QED) is 0.589. The number of hydrogen-bond acceptors (Lipinski definition) is 6. The molecule has 0 atom stereocenters. The van der Waals surface area contributed by atoms with Crippen molar-refractivity contribution < 1.29 is 17.9 Å². The Kier molecular flexibility index (Phi) is 5.78.